The van der Waals surface area contributed by atoms with Crippen LogP contribution in [0, 0.1) is 17.8 Å². The van der Waals surface area contributed by atoms with Crippen LogP contribution in [0.2, 0.25) is 0 Å². The second-order valence-electron chi connectivity index (χ2n) is 6.46. The maximum absolute atomic E-state index is 12.1. The van der Waals surface area contributed by atoms with E-state index in [0.29, 0.717) is 23.5 Å². The molecule has 1 aliphatic carbocycles. The lowest BCUT2D eigenvalue weighted by atomic mass is 9.75. The molecule has 1 aromatic heterocycles. The smallest absolute Gasteiger partial charge is 0.316 e. The Bertz CT molecular complexity index is 473. The van der Waals surface area contributed by atoms with Crippen molar-refractivity contribution in [3.05, 3.63) is 12.4 Å². The number of ether oxygens (including phenoxy) is 1. The predicted molar refractivity (Wildman–Crippen MR) is 85.2 cm³/mol. The van der Waals surface area contributed by atoms with Gasteiger partial charge in [-0.05, 0) is 30.6 Å². The minimum atomic E-state index is -0.118. The van der Waals surface area contributed by atoms with E-state index in [0.717, 1.165) is 11.6 Å². The van der Waals surface area contributed by atoms with Gasteiger partial charge >= 0.3 is 5.97 Å². The summed E-state index contributed by atoms with van der Waals surface area (Å²) in [5.41, 5.74) is 0. The van der Waals surface area contributed by atoms with Gasteiger partial charge in [0, 0.05) is 19.4 Å². The quantitative estimate of drug-likeness (QED) is 0.616. The number of imidazole rings is 1. The van der Waals surface area contributed by atoms with Crippen molar-refractivity contribution < 1.29 is 9.53 Å². The first-order valence-corrected chi connectivity index (χ1v) is 8.75. The Balaban J connectivity index is 1.86. The summed E-state index contributed by atoms with van der Waals surface area (Å²) in [6.07, 6.45) is 7.13. The first-order valence-electron chi connectivity index (χ1n) is 7.77. The van der Waals surface area contributed by atoms with E-state index in [1.807, 2.05) is 17.8 Å². The van der Waals surface area contributed by atoms with Crippen molar-refractivity contribution in [1.29, 1.82) is 0 Å². The molecule has 3 atom stereocenters. The lowest BCUT2D eigenvalue weighted by molar-refractivity contribution is -0.152. The average Bonchev–Trinajstić information content (AvgIpc) is 2.81. The number of rotatable bonds is 5. The molecule has 0 N–H and O–H groups in total. The van der Waals surface area contributed by atoms with Crippen LogP contribution in [-0.2, 0) is 16.6 Å². The largest absolute Gasteiger partial charge is 0.461 e. The zero-order valence-electron chi connectivity index (χ0n) is 13.4. The molecular formula is C16H26N2O2S. The van der Waals surface area contributed by atoms with Crippen LogP contribution in [0.1, 0.15) is 40.0 Å². The van der Waals surface area contributed by atoms with Gasteiger partial charge < -0.3 is 9.30 Å². The Kier molecular flexibility index (Phi) is 5.73. The number of thioether (sulfide) groups is 1. The number of carbonyl (C=O) groups excluding carboxylic acids is 1. The molecule has 0 spiro atoms. The van der Waals surface area contributed by atoms with Gasteiger partial charge in [-0.2, -0.15) is 0 Å². The van der Waals surface area contributed by atoms with E-state index in [4.69, 9.17) is 4.74 Å². The number of aryl methyl sites for hydroxylation is 1. The van der Waals surface area contributed by atoms with E-state index in [1.54, 1.807) is 6.20 Å². The van der Waals surface area contributed by atoms with Gasteiger partial charge in [0.05, 0.1) is 5.75 Å². The minimum Gasteiger partial charge on any atom is -0.461 e. The third kappa shape index (κ3) is 4.50. The lowest BCUT2D eigenvalue weighted by Gasteiger charge is -2.36. The monoisotopic (exact) mass is 310 g/mol. The molecule has 0 aromatic carbocycles. The molecule has 3 unspecified atom stereocenters. The fourth-order valence-corrected chi connectivity index (χ4v) is 3.78. The van der Waals surface area contributed by atoms with Crippen LogP contribution in [0.3, 0.4) is 0 Å². The Morgan fingerprint density at radius 3 is 2.90 bits per heavy atom. The number of aromatic nitrogens is 2. The van der Waals surface area contributed by atoms with Gasteiger partial charge in [-0.3, -0.25) is 4.79 Å². The summed E-state index contributed by atoms with van der Waals surface area (Å²) in [5, 5.41) is 0.851. The fourth-order valence-electron chi connectivity index (χ4n) is 3.07. The Morgan fingerprint density at radius 1 is 1.52 bits per heavy atom. The van der Waals surface area contributed by atoms with Gasteiger partial charge in [-0.1, -0.05) is 39.0 Å². The van der Waals surface area contributed by atoms with E-state index in [2.05, 4.69) is 25.8 Å². The van der Waals surface area contributed by atoms with Crippen LogP contribution in [0.4, 0.5) is 0 Å². The minimum absolute atomic E-state index is 0.0863. The molecule has 0 amide bonds. The maximum Gasteiger partial charge on any atom is 0.316 e. The molecule has 5 heteroatoms. The molecule has 21 heavy (non-hydrogen) atoms. The zero-order chi connectivity index (χ0) is 15.4. The summed E-state index contributed by atoms with van der Waals surface area (Å²) in [6.45, 7) is 6.70. The first kappa shape index (κ1) is 16.4. The fraction of sp³-hybridized carbons (Fsp3) is 0.750. The molecule has 1 heterocycles. The zero-order valence-corrected chi connectivity index (χ0v) is 14.2. The lowest BCUT2D eigenvalue weighted by Crippen LogP contribution is -2.36. The summed E-state index contributed by atoms with van der Waals surface area (Å²) in [5.74, 6) is 1.94. The van der Waals surface area contributed by atoms with Gasteiger partial charge in [0.1, 0.15) is 6.10 Å². The van der Waals surface area contributed by atoms with Crippen LogP contribution in [-0.4, -0.2) is 27.4 Å². The molecule has 1 saturated carbocycles. The van der Waals surface area contributed by atoms with E-state index in [9.17, 15) is 4.79 Å². The average molecular weight is 310 g/mol. The molecule has 118 valence electrons. The van der Waals surface area contributed by atoms with Crippen molar-refractivity contribution >= 4 is 17.7 Å². The van der Waals surface area contributed by atoms with Crippen LogP contribution < -0.4 is 0 Å². The molecule has 0 aliphatic heterocycles. The van der Waals surface area contributed by atoms with Gasteiger partial charge in [0.2, 0.25) is 0 Å². The normalized spacial score (nSPS) is 26.0. The van der Waals surface area contributed by atoms with Gasteiger partial charge in [-0.25, -0.2) is 4.98 Å². The Hall–Kier alpha value is -0.970. The van der Waals surface area contributed by atoms with Crippen molar-refractivity contribution in [2.75, 3.05) is 5.75 Å². The highest BCUT2D eigenvalue weighted by Crippen LogP contribution is 2.35. The van der Waals surface area contributed by atoms with E-state index < -0.39 is 0 Å². The van der Waals surface area contributed by atoms with E-state index >= 15 is 0 Å². The molecule has 1 aliphatic rings. The van der Waals surface area contributed by atoms with E-state index in [1.165, 1.54) is 24.6 Å². The summed E-state index contributed by atoms with van der Waals surface area (Å²) >= 11 is 1.44. The standard InChI is InChI=1S/C16H26N2O2S/c1-11(2)13-6-5-12(3)9-14(13)20-15(19)10-21-16-17-7-8-18(16)4/h7-8,11-14H,5-6,9-10H2,1-4H3. The third-order valence-corrected chi connectivity index (χ3v) is 5.37. The van der Waals surface area contributed by atoms with Gasteiger partial charge in [-0.15, -0.1) is 0 Å². The number of nitrogens with zero attached hydrogens (tertiary/aromatic N) is 2. The molecule has 0 saturated heterocycles. The maximum atomic E-state index is 12.1. The third-order valence-electron chi connectivity index (χ3n) is 4.34. The molecule has 2 rings (SSSR count). The topological polar surface area (TPSA) is 44.1 Å². The highest BCUT2D eigenvalue weighted by Gasteiger charge is 2.33. The van der Waals surface area contributed by atoms with Crippen molar-refractivity contribution in [1.82, 2.24) is 9.55 Å². The van der Waals surface area contributed by atoms with Gasteiger partial charge in [0.15, 0.2) is 5.16 Å². The van der Waals surface area contributed by atoms with Gasteiger partial charge in [0.25, 0.3) is 0 Å². The summed E-state index contributed by atoms with van der Waals surface area (Å²) in [7, 11) is 1.93. The molecule has 0 bridgehead atoms. The molecule has 4 nitrogen and oxygen atoms in total. The van der Waals surface area contributed by atoms with Crippen molar-refractivity contribution in [3.8, 4) is 0 Å². The highest BCUT2D eigenvalue weighted by atomic mass is 32.2. The van der Waals surface area contributed by atoms with Crippen LogP contribution >= 0.6 is 11.8 Å². The van der Waals surface area contributed by atoms with E-state index in [-0.39, 0.29) is 12.1 Å². The second kappa shape index (κ2) is 7.34. The molecule has 0 radical (unpaired) electrons. The van der Waals surface area contributed by atoms with Crippen molar-refractivity contribution in [2.45, 2.75) is 51.3 Å². The molecule has 1 aromatic rings. The van der Waals surface area contributed by atoms with Crippen LogP contribution in [0.25, 0.3) is 0 Å². The summed E-state index contributed by atoms with van der Waals surface area (Å²) in [4.78, 5) is 16.3. The highest BCUT2D eigenvalue weighted by molar-refractivity contribution is 7.99. The number of hydrogen-bond acceptors (Lipinski definition) is 4. The van der Waals surface area contributed by atoms with Crippen LogP contribution in [0.15, 0.2) is 17.6 Å². The molecular weight excluding hydrogens is 284 g/mol. The summed E-state index contributed by atoms with van der Waals surface area (Å²) in [6, 6.07) is 0. The number of esters is 1. The predicted octanol–water partition coefficient (Wildman–Crippen LogP) is 3.52. The number of carbonyl (C=O) groups is 1. The molecule has 1 fully saturated rings. The SMILES string of the molecule is CC1CCC(C(C)C)C(OC(=O)CSc2nccn2C)C1. The summed E-state index contributed by atoms with van der Waals surface area (Å²) < 4.78 is 7.69. The first-order chi connectivity index (χ1) is 9.97. The number of hydrogen-bond donors (Lipinski definition) is 0. The Labute approximate surface area is 131 Å². The van der Waals surface area contributed by atoms with Crippen molar-refractivity contribution in [3.63, 3.8) is 0 Å². The second-order valence-corrected chi connectivity index (χ2v) is 7.41. The van der Waals surface area contributed by atoms with Crippen LogP contribution in [0.5, 0.6) is 0 Å². The van der Waals surface area contributed by atoms with Crippen molar-refractivity contribution in [2.24, 2.45) is 24.8 Å². The Morgan fingerprint density at radius 2 is 2.29 bits per heavy atom.